The van der Waals surface area contributed by atoms with Crippen LogP contribution < -0.4 is 5.32 Å². The molecule has 0 aromatic carbocycles. The molecule has 2 rings (SSSR count). The summed E-state index contributed by atoms with van der Waals surface area (Å²) in [5.41, 5.74) is -0.0812. The van der Waals surface area contributed by atoms with Crippen molar-refractivity contribution in [3.63, 3.8) is 0 Å². The Balaban J connectivity index is 2.12. The van der Waals surface area contributed by atoms with Gasteiger partial charge >= 0.3 is 0 Å². The molecule has 3 nitrogen and oxygen atoms in total. The van der Waals surface area contributed by atoms with Crippen LogP contribution in [0.4, 0.5) is 0 Å². The second-order valence-corrected chi connectivity index (χ2v) is 5.77. The minimum absolute atomic E-state index is 0.0812. The lowest BCUT2D eigenvalue weighted by atomic mass is 9.65. The molecule has 1 saturated heterocycles. The van der Waals surface area contributed by atoms with Gasteiger partial charge in [0.25, 0.3) is 0 Å². The van der Waals surface area contributed by atoms with Gasteiger partial charge in [0.15, 0.2) is 0 Å². The van der Waals surface area contributed by atoms with Crippen molar-refractivity contribution >= 4 is 5.91 Å². The highest BCUT2D eigenvalue weighted by Gasteiger charge is 2.46. The predicted octanol–water partition coefficient (Wildman–Crippen LogP) is 2.38. The summed E-state index contributed by atoms with van der Waals surface area (Å²) < 4.78 is 0. The molecule has 3 heteroatoms. The van der Waals surface area contributed by atoms with Crippen LogP contribution in [0.3, 0.4) is 0 Å². The van der Waals surface area contributed by atoms with Gasteiger partial charge in [0.05, 0.1) is 6.10 Å². The van der Waals surface area contributed by atoms with E-state index in [0.717, 1.165) is 51.4 Å². The molecular formula is C14H25NO2. The summed E-state index contributed by atoms with van der Waals surface area (Å²) >= 11 is 0. The van der Waals surface area contributed by atoms with E-state index in [4.69, 9.17) is 0 Å². The zero-order valence-corrected chi connectivity index (χ0v) is 10.9. The fourth-order valence-electron chi connectivity index (χ4n) is 3.71. The Morgan fingerprint density at radius 2 is 2.18 bits per heavy atom. The van der Waals surface area contributed by atoms with E-state index in [-0.39, 0.29) is 23.5 Å². The molecule has 0 bridgehead atoms. The standard InChI is InChI=1S/C14H25NO2/c1-2-3-6-11-12(16)7-4-9-14(11)10-5-8-13(17)15-14/h11-12,16H,2-10H2,1H3,(H,15,17)/t11-,12+,14-/m1/s1. The fraction of sp³-hybridized carbons (Fsp3) is 0.929. The van der Waals surface area contributed by atoms with Crippen LogP contribution in [0.1, 0.15) is 64.7 Å². The van der Waals surface area contributed by atoms with Gasteiger partial charge in [-0.3, -0.25) is 4.79 Å². The van der Waals surface area contributed by atoms with Gasteiger partial charge in [-0.1, -0.05) is 19.8 Å². The molecule has 0 aromatic rings. The van der Waals surface area contributed by atoms with Gasteiger partial charge in [-0.15, -0.1) is 0 Å². The number of rotatable bonds is 3. The SMILES string of the molecule is CCCC[C@@H]1[C@@H](O)CCC[C@@]12CCCC(=O)N2. The molecule has 1 saturated carbocycles. The van der Waals surface area contributed by atoms with E-state index in [9.17, 15) is 9.90 Å². The van der Waals surface area contributed by atoms with Crippen molar-refractivity contribution in [2.24, 2.45) is 5.92 Å². The van der Waals surface area contributed by atoms with Crippen molar-refractivity contribution in [3.05, 3.63) is 0 Å². The molecule has 2 aliphatic rings. The van der Waals surface area contributed by atoms with Gasteiger partial charge in [0.2, 0.25) is 5.91 Å². The number of carbonyl (C=O) groups is 1. The van der Waals surface area contributed by atoms with Crippen molar-refractivity contribution < 1.29 is 9.90 Å². The van der Waals surface area contributed by atoms with Crippen LogP contribution in [0.2, 0.25) is 0 Å². The first-order valence-electron chi connectivity index (χ1n) is 7.17. The number of nitrogens with one attached hydrogen (secondary N) is 1. The average molecular weight is 239 g/mol. The number of aliphatic hydroxyl groups excluding tert-OH is 1. The Morgan fingerprint density at radius 3 is 2.88 bits per heavy atom. The lowest BCUT2D eigenvalue weighted by Crippen LogP contribution is -2.60. The first kappa shape index (κ1) is 12.9. The Kier molecular flexibility index (Phi) is 4.08. The summed E-state index contributed by atoms with van der Waals surface area (Å²) in [5.74, 6) is 0.465. The molecule has 1 aliphatic carbocycles. The lowest BCUT2D eigenvalue weighted by molar-refractivity contribution is -0.129. The maximum atomic E-state index is 11.7. The van der Waals surface area contributed by atoms with E-state index in [1.165, 1.54) is 0 Å². The van der Waals surface area contributed by atoms with Crippen LogP contribution >= 0.6 is 0 Å². The molecule has 1 spiro atoms. The number of hydrogen-bond donors (Lipinski definition) is 2. The highest BCUT2D eigenvalue weighted by molar-refractivity contribution is 5.77. The summed E-state index contributed by atoms with van der Waals surface area (Å²) in [4.78, 5) is 11.7. The van der Waals surface area contributed by atoms with E-state index >= 15 is 0 Å². The van der Waals surface area contributed by atoms with Crippen molar-refractivity contribution in [1.29, 1.82) is 0 Å². The minimum Gasteiger partial charge on any atom is -0.393 e. The maximum Gasteiger partial charge on any atom is 0.220 e. The maximum absolute atomic E-state index is 11.7. The summed E-state index contributed by atoms with van der Waals surface area (Å²) in [6, 6.07) is 0. The molecule has 17 heavy (non-hydrogen) atoms. The third-order valence-corrected chi connectivity index (χ3v) is 4.58. The van der Waals surface area contributed by atoms with Crippen LogP contribution in [0, 0.1) is 5.92 Å². The van der Waals surface area contributed by atoms with E-state index in [1.807, 2.05) is 0 Å². The third kappa shape index (κ3) is 2.65. The summed E-state index contributed by atoms with van der Waals surface area (Å²) in [6.07, 6.45) is 8.88. The first-order chi connectivity index (χ1) is 8.18. The monoisotopic (exact) mass is 239 g/mol. The van der Waals surface area contributed by atoms with Gasteiger partial charge < -0.3 is 10.4 Å². The van der Waals surface area contributed by atoms with Crippen LogP contribution in [0.15, 0.2) is 0 Å². The van der Waals surface area contributed by atoms with E-state index in [2.05, 4.69) is 12.2 Å². The number of carbonyl (C=O) groups excluding carboxylic acids is 1. The third-order valence-electron chi connectivity index (χ3n) is 4.58. The van der Waals surface area contributed by atoms with Gasteiger partial charge in [0, 0.05) is 17.9 Å². The molecule has 2 fully saturated rings. The second kappa shape index (κ2) is 5.38. The highest BCUT2D eigenvalue weighted by Crippen LogP contribution is 2.42. The van der Waals surface area contributed by atoms with Crippen molar-refractivity contribution in [2.75, 3.05) is 0 Å². The largest absolute Gasteiger partial charge is 0.393 e. The summed E-state index contributed by atoms with van der Waals surface area (Å²) in [5, 5.41) is 13.5. The molecule has 2 N–H and O–H groups in total. The van der Waals surface area contributed by atoms with Crippen LogP contribution in [0.5, 0.6) is 0 Å². The molecule has 0 aromatic heterocycles. The lowest BCUT2D eigenvalue weighted by Gasteiger charge is -2.49. The zero-order valence-electron chi connectivity index (χ0n) is 10.9. The van der Waals surface area contributed by atoms with Crippen molar-refractivity contribution in [1.82, 2.24) is 5.32 Å². The number of piperidine rings is 1. The van der Waals surface area contributed by atoms with Crippen LogP contribution in [-0.4, -0.2) is 22.7 Å². The van der Waals surface area contributed by atoms with Crippen LogP contribution in [-0.2, 0) is 4.79 Å². The molecule has 0 unspecified atom stereocenters. The van der Waals surface area contributed by atoms with E-state index in [1.54, 1.807) is 0 Å². The van der Waals surface area contributed by atoms with E-state index < -0.39 is 0 Å². The van der Waals surface area contributed by atoms with Gasteiger partial charge in [-0.05, 0) is 38.5 Å². The number of aliphatic hydroxyl groups is 1. The van der Waals surface area contributed by atoms with Gasteiger partial charge in [-0.25, -0.2) is 0 Å². The van der Waals surface area contributed by atoms with Crippen LogP contribution in [0.25, 0.3) is 0 Å². The Bertz CT molecular complexity index is 275. The van der Waals surface area contributed by atoms with Gasteiger partial charge in [-0.2, -0.15) is 0 Å². The molecule has 1 heterocycles. The highest BCUT2D eigenvalue weighted by atomic mass is 16.3. The molecule has 98 valence electrons. The molecular weight excluding hydrogens is 214 g/mol. The van der Waals surface area contributed by atoms with Crippen molar-refractivity contribution in [3.8, 4) is 0 Å². The Morgan fingerprint density at radius 1 is 1.41 bits per heavy atom. The quantitative estimate of drug-likeness (QED) is 0.794. The molecule has 1 amide bonds. The van der Waals surface area contributed by atoms with Gasteiger partial charge in [0.1, 0.15) is 0 Å². The summed E-state index contributed by atoms with van der Waals surface area (Å²) in [7, 11) is 0. The second-order valence-electron chi connectivity index (χ2n) is 5.77. The Hall–Kier alpha value is -0.570. The Labute approximate surface area is 104 Å². The number of amides is 1. The minimum atomic E-state index is -0.214. The first-order valence-corrected chi connectivity index (χ1v) is 7.17. The topological polar surface area (TPSA) is 49.3 Å². The average Bonchev–Trinajstić information content (AvgIpc) is 2.28. The smallest absolute Gasteiger partial charge is 0.220 e. The number of hydrogen-bond acceptors (Lipinski definition) is 2. The number of unbranched alkanes of at least 4 members (excludes halogenated alkanes) is 1. The predicted molar refractivity (Wildman–Crippen MR) is 67.6 cm³/mol. The fourth-order valence-corrected chi connectivity index (χ4v) is 3.71. The van der Waals surface area contributed by atoms with E-state index in [0.29, 0.717) is 6.42 Å². The molecule has 0 radical (unpaired) electrons. The summed E-state index contributed by atoms with van der Waals surface area (Å²) in [6.45, 7) is 2.18. The molecule has 1 aliphatic heterocycles. The molecule has 3 atom stereocenters. The van der Waals surface area contributed by atoms with Crippen molar-refractivity contribution in [2.45, 2.75) is 76.4 Å². The normalized spacial score (nSPS) is 38.1. The zero-order chi connectivity index (χ0) is 12.3.